The molecule has 2 rings (SSSR count). The van der Waals surface area contributed by atoms with Gasteiger partial charge in [-0.05, 0) is 12.8 Å². The zero-order valence-corrected chi connectivity index (χ0v) is 6.82. The lowest BCUT2D eigenvalue weighted by Gasteiger charge is -2.22. The summed E-state index contributed by atoms with van der Waals surface area (Å²) in [5, 5.41) is 6.47. The Morgan fingerprint density at radius 3 is 3.25 bits per heavy atom. The van der Waals surface area contributed by atoms with Crippen LogP contribution in [0.4, 0.5) is 0 Å². The topological polar surface area (TPSA) is 47.1 Å². The number of aromatic nitrogens is 2. The maximum absolute atomic E-state index is 5.48. The number of aromatic amines is 1. The highest BCUT2D eigenvalue weighted by atomic mass is 16.7. The van der Waals surface area contributed by atoms with Crippen molar-refractivity contribution in [1.82, 2.24) is 10.2 Å². The molecule has 1 N–H and O–H groups in total. The molecule has 0 spiro atoms. The summed E-state index contributed by atoms with van der Waals surface area (Å²) in [7, 11) is 0. The monoisotopic (exact) mass is 168 g/mol. The predicted molar refractivity (Wildman–Crippen MR) is 42.8 cm³/mol. The molecule has 0 radical (unpaired) electrons. The van der Waals surface area contributed by atoms with Crippen LogP contribution >= 0.6 is 0 Å². The van der Waals surface area contributed by atoms with Crippen molar-refractivity contribution < 1.29 is 9.47 Å². The largest absolute Gasteiger partial charge is 0.462 e. The van der Waals surface area contributed by atoms with Crippen LogP contribution < -0.4 is 4.74 Å². The Morgan fingerprint density at radius 2 is 2.58 bits per heavy atom. The number of nitrogens with one attached hydrogen (secondary N) is 1. The highest BCUT2D eigenvalue weighted by Gasteiger charge is 2.14. The van der Waals surface area contributed by atoms with E-state index in [4.69, 9.17) is 9.47 Å². The Bertz CT molecular complexity index is 217. The number of ether oxygens (including phenoxy) is 2. The Labute approximate surface area is 70.9 Å². The normalized spacial score (nSPS) is 23.8. The maximum Gasteiger partial charge on any atom is 0.199 e. The van der Waals surface area contributed by atoms with Crippen molar-refractivity contribution in [3.05, 3.63) is 12.4 Å². The van der Waals surface area contributed by atoms with E-state index >= 15 is 0 Å². The molecule has 0 saturated carbocycles. The number of H-pyrrole nitrogens is 1. The van der Waals surface area contributed by atoms with Gasteiger partial charge < -0.3 is 9.47 Å². The fraction of sp³-hybridized carbons (Fsp3) is 0.625. The zero-order chi connectivity index (χ0) is 8.23. The number of hydrogen-bond acceptors (Lipinski definition) is 3. The van der Waals surface area contributed by atoms with Crippen molar-refractivity contribution in [2.75, 3.05) is 6.61 Å². The molecule has 0 aliphatic carbocycles. The Hall–Kier alpha value is -1.03. The first kappa shape index (κ1) is 7.61. The molecule has 1 aromatic rings. The minimum atomic E-state index is -0.0728. The number of rotatable bonds is 2. The highest BCUT2D eigenvalue weighted by Crippen LogP contribution is 2.17. The molecule has 4 nitrogen and oxygen atoms in total. The molecular formula is C8H12N2O2. The van der Waals surface area contributed by atoms with Gasteiger partial charge in [0.15, 0.2) is 12.0 Å². The van der Waals surface area contributed by atoms with Gasteiger partial charge in [0.2, 0.25) is 0 Å². The minimum absolute atomic E-state index is 0.0728. The first-order chi connectivity index (χ1) is 5.95. The third-order valence-corrected chi connectivity index (χ3v) is 1.88. The van der Waals surface area contributed by atoms with Crippen LogP contribution in [0.25, 0.3) is 0 Å². The summed E-state index contributed by atoms with van der Waals surface area (Å²) in [5.41, 5.74) is 0. The standard InChI is InChI=1S/C8H12N2O2/c1-2-4-11-8(3-1)12-7-5-9-10-6-7/h5-6,8H,1-4H2,(H,9,10). The third-order valence-electron chi connectivity index (χ3n) is 1.88. The van der Waals surface area contributed by atoms with Crippen LogP contribution in [-0.4, -0.2) is 23.1 Å². The SMILES string of the molecule is c1n[nH]cc1OC1CCCCO1. The average Bonchev–Trinajstić information content (AvgIpc) is 2.59. The second kappa shape index (κ2) is 3.58. The van der Waals surface area contributed by atoms with Gasteiger partial charge in [0.1, 0.15) is 0 Å². The van der Waals surface area contributed by atoms with Crippen molar-refractivity contribution in [1.29, 1.82) is 0 Å². The van der Waals surface area contributed by atoms with Crippen molar-refractivity contribution in [2.24, 2.45) is 0 Å². The van der Waals surface area contributed by atoms with Gasteiger partial charge in [-0.25, -0.2) is 0 Å². The van der Waals surface area contributed by atoms with E-state index in [9.17, 15) is 0 Å². The Balaban J connectivity index is 1.86. The van der Waals surface area contributed by atoms with E-state index in [0.29, 0.717) is 0 Å². The van der Waals surface area contributed by atoms with Crippen LogP contribution in [0, 0.1) is 0 Å². The molecule has 1 aliphatic heterocycles. The molecule has 1 unspecified atom stereocenters. The van der Waals surface area contributed by atoms with E-state index in [1.54, 1.807) is 12.4 Å². The average molecular weight is 168 g/mol. The fourth-order valence-corrected chi connectivity index (χ4v) is 1.26. The van der Waals surface area contributed by atoms with Gasteiger partial charge in [0.25, 0.3) is 0 Å². The van der Waals surface area contributed by atoms with Gasteiger partial charge in [-0.1, -0.05) is 0 Å². The zero-order valence-electron chi connectivity index (χ0n) is 6.82. The van der Waals surface area contributed by atoms with Gasteiger partial charge in [0, 0.05) is 6.42 Å². The first-order valence-electron chi connectivity index (χ1n) is 4.22. The van der Waals surface area contributed by atoms with Crippen molar-refractivity contribution in [2.45, 2.75) is 25.6 Å². The number of hydrogen-bond donors (Lipinski definition) is 1. The van der Waals surface area contributed by atoms with Gasteiger partial charge in [0.05, 0.1) is 19.0 Å². The highest BCUT2D eigenvalue weighted by molar-refractivity contribution is 5.10. The fourth-order valence-electron chi connectivity index (χ4n) is 1.26. The smallest absolute Gasteiger partial charge is 0.199 e. The van der Waals surface area contributed by atoms with E-state index in [2.05, 4.69) is 10.2 Å². The molecular weight excluding hydrogens is 156 g/mol. The summed E-state index contributed by atoms with van der Waals surface area (Å²) < 4.78 is 10.9. The Morgan fingerprint density at radius 1 is 1.58 bits per heavy atom. The van der Waals surface area contributed by atoms with Crippen molar-refractivity contribution in [3.8, 4) is 5.75 Å². The van der Waals surface area contributed by atoms with Gasteiger partial charge >= 0.3 is 0 Å². The van der Waals surface area contributed by atoms with E-state index in [1.807, 2.05) is 0 Å². The summed E-state index contributed by atoms with van der Waals surface area (Å²) in [5.74, 6) is 0.752. The summed E-state index contributed by atoms with van der Waals surface area (Å²) in [6.07, 6.45) is 6.60. The maximum atomic E-state index is 5.48. The molecule has 0 amide bonds. The van der Waals surface area contributed by atoms with E-state index < -0.39 is 0 Å². The lowest BCUT2D eigenvalue weighted by Crippen LogP contribution is -2.24. The summed E-state index contributed by atoms with van der Waals surface area (Å²) in [6.45, 7) is 0.808. The molecule has 1 atom stereocenters. The van der Waals surface area contributed by atoms with E-state index in [0.717, 1.165) is 25.2 Å². The number of nitrogens with zero attached hydrogens (tertiary/aromatic N) is 1. The second-order valence-electron chi connectivity index (χ2n) is 2.85. The lowest BCUT2D eigenvalue weighted by atomic mass is 10.2. The molecule has 1 aromatic heterocycles. The lowest BCUT2D eigenvalue weighted by molar-refractivity contribution is -0.105. The summed E-state index contributed by atoms with van der Waals surface area (Å²) in [4.78, 5) is 0. The van der Waals surface area contributed by atoms with Crippen molar-refractivity contribution >= 4 is 0 Å². The molecule has 1 aliphatic rings. The van der Waals surface area contributed by atoms with Crippen LogP contribution in [0.5, 0.6) is 5.75 Å². The second-order valence-corrected chi connectivity index (χ2v) is 2.85. The first-order valence-corrected chi connectivity index (χ1v) is 4.22. The molecule has 0 bridgehead atoms. The molecule has 12 heavy (non-hydrogen) atoms. The van der Waals surface area contributed by atoms with Crippen LogP contribution in [0.3, 0.4) is 0 Å². The molecule has 0 aromatic carbocycles. The van der Waals surface area contributed by atoms with Crippen LogP contribution in [0.2, 0.25) is 0 Å². The molecule has 1 saturated heterocycles. The third kappa shape index (κ3) is 1.76. The van der Waals surface area contributed by atoms with Crippen molar-refractivity contribution in [3.63, 3.8) is 0 Å². The van der Waals surface area contributed by atoms with Gasteiger partial charge in [-0.15, -0.1) is 0 Å². The summed E-state index contributed by atoms with van der Waals surface area (Å²) in [6, 6.07) is 0. The van der Waals surface area contributed by atoms with Crippen LogP contribution in [0.1, 0.15) is 19.3 Å². The van der Waals surface area contributed by atoms with E-state index in [-0.39, 0.29) is 6.29 Å². The quantitative estimate of drug-likeness (QED) is 0.724. The molecule has 1 fully saturated rings. The summed E-state index contributed by atoms with van der Waals surface area (Å²) >= 11 is 0. The van der Waals surface area contributed by atoms with Crippen LogP contribution in [0.15, 0.2) is 12.4 Å². The molecule has 2 heterocycles. The minimum Gasteiger partial charge on any atom is -0.462 e. The van der Waals surface area contributed by atoms with Gasteiger partial charge in [-0.3, -0.25) is 5.10 Å². The van der Waals surface area contributed by atoms with E-state index in [1.165, 1.54) is 6.42 Å². The molecule has 4 heteroatoms. The molecule has 66 valence electrons. The van der Waals surface area contributed by atoms with Gasteiger partial charge in [-0.2, -0.15) is 5.10 Å². The van der Waals surface area contributed by atoms with Crippen LogP contribution in [-0.2, 0) is 4.74 Å². The Kier molecular flexibility index (Phi) is 2.27. The predicted octanol–water partition coefficient (Wildman–Crippen LogP) is 1.32.